The Balaban J connectivity index is 1.98. The highest BCUT2D eigenvalue weighted by molar-refractivity contribution is 6.10. The average molecular weight is 366 g/mol. The molecule has 0 bridgehead atoms. The van der Waals surface area contributed by atoms with E-state index >= 15 is 0 Å². The van der Waals surface area contributed by atoms with Crippen LogP contribution in [0.4, 0.5) is 11.4 Å². The number of hydrogen-bond acceptors (Lipinski definition) is 4. The quantitative estimate of drug-likeness (QED) is 0.537. The van der Waals surface area contributed by atoms with Gasteiger partial charge in [0.2, 0.25) is 5.91 Å². The molecule has 0 atom stereocenters. The van der Waals surface area contributed by atoms with Crippen molar-refractivity contribution in [3.63, 3.8) is 0 Å². The first-order chi connectivity index (χ1) is 12.8. The maximum absolute atomic E-state index is 12.1. The van der Waals surface area contributed by atoms with Crippen molar-refractivity contribution in [1.29, 1.82) is 0 Å². The molecule has 0 aliphatic carbocycles. The van der Waals surface area contributed by atoms with Gasteiger partial charge in [0.1, 0.15) is 0 Å². The van der Waals surface area contributed by atoms with Gasteiger partial charge in [0.15, 0.2) is 5.78 Å². The van der Waals surface area contributed by atoms with Crippen LogP contribution in [0.3, 0.4) is 0 Å². The third-order valence-electron chi connectivity index (χ3n) is 3.65. The Kier molecular flexibility index (Phi) is 6.22. The Morgan fingerprint density at radius 1 is 0.778 bits per heavy atom. The standard InChI is InChI=1S/C20H18N2O5/c1-12(19(25)22-17-9-5-15(6-10-17)20(26)27)11-18(24)21-16-7-3-14(4-8-16)13(2)23/h3-11H,1-2H3,(H,21,24)(H,22,25)(H,26,27)/b12-11-. The molecule has 0 heterocycles. The Hall–Kier alpha value is -3.74. The molecule has 0 spiro atoms. The van der Waals surface area contributed by atoms with E-state index in [1.165, 1.54) is 38.1 Å². The zero-order valence-corrected chi connectivity index (χ0v) is 14.8. The van der Waals surface area contributed by atoms with Crippen LogP contribution in [0.15, 0.2) is 60.2 Å². The van der Waals surface area contributed by atoms with Gasteiger partial charge in [-0.25, -0.2) is 4.79 Å². The Bertz CT molecular complexity index is 912. The van der Waals surface area contributed by atoms with Gasteiger partial charge in [-0.2, -0.15) is 0 Å². The van der Waals surface area contributed by atoms with Crippen LogP contribution in [0.1, 0.15) is 34.6 Å². The fourth-order valence-corrected chi connectivity index (χ4v) is 2.15. The maximum atomic E-state index is 12.1. The number of carbonyl (C=O) groups is 4. The number of carboxylic acid groups (broad SMARTS) is 1. The number of carbonyl (C=O) groups excluding carboxylic acids is 3. The van der Waals surface area contributed by atoms with Gasteiger partial charge in [-0.1, -0.05) is 0 Å². The second kappa shape index (κ2) is 8.57. The summed E-state index contributed by atoms with van der Waals surface area (Å²) in [6, 6.07) is 12.1. The summed E-state index contributed by atoms with van der Waals surface area (Å²) in [5, 5.41) is 14.0. The first-order valence-electron chi connectivity index (χ1n) is 8.01. The van der Waals surface area contributed by atoms with Crippen molar-refractivity contribution in [3.05, 3.63) is 71.3 Å². The molecule has 0 aliphatic heterocycles. The normalized spacial score (nSPS) is 10.8. The van der Waals surface area contributed by atoms with E-state index in [1.54, 1.807) is 24.3 Å². The van der Waals surface area contributed by atoms with Crippen LogP contribution in [-0.4, -0.2) is 28.7 Å². The molecular formula is C20H18N2O5. The smallest absolute Gasteiger partial charge is 0.335 e. The zero-order chi connectivity index (χ0) is 20.0. The lowest BCUT2D eigenvalue weighted by molar-refractivity contribution is -0.114. The number of rotatable bonds is 6. The molecule has 2 rings (SSSR count). The van der Waals surface area contributed by atoms with Crippen LogP contribution < -0.4 is 10.6 Å². The minimum absolute atomic E-state index is 0.0725. The topological polar surface area (TPSA) is 113 Å². The van der Waals surface area contributed by atoms with Gasteiger partial charge >= 0.3 is 5.97 Å². The van der Waals surface area contributed by atoms with Gasteiger partial charge in [0.25, 0.3) is 5.91 Å². The molecule has 7 nitrogen and oxygen atoms in total. The minimum Gasteiger partial charge on any atom is -0.478 e. The van der Waals surface area contributed by atoms with Crippen LogP contribution in [0.5, 0.6) is 0 Å². The highest BCUT2D eigenvalue weighted by atomic mass is 16.4. The minimum atomic E-state index is -1.06. The molecule has 2 aromatic rings. The molecule has 0 fully saturated rings. The molecule has 0 unspecified atom stereocenters. The zero-order valence-electron chi connectivity index (χ0n) is 14.8. The van der Waals surface area contributed by atoms with Crippen molar-refractivity contribution < 1.29 is 24.3 Å². The third-order valence-corrected chi connectivity index (χ3v) is 3.65. The van der Waals surface area contributed by atoms with Crippen molar-refractivity contribution >= 4 is 34.9 Å². The molecule has 0 saturated carbocycles. The van der Waals surface area contributed by atoms with E-state index in [-0.39, 0.29) is 16.9 Å². The summed E-state index contributed by atoms with van der Waals surface area (Å²) in [4.78, 5) is 46.2. The van der Waals surface area contributed by atoms with Crippen LogP contribution in [-0.2, 0) is 9.59 Å². The molecule has 0 aliphatic rings. The Morgan fingerprint density at radius 2 is 1.26 bits per heavy atom. The molecule has 0 radical (unpaired) electrons. The Labute approximate surface area is 155 Å². The Morgan fingerprint density at radius 3 is 1.74 bits per heavy atom. The monoisotopic (exact) mass is 366 g/mol. The molecule has 7 heteroatoms. The molecule has 138 valence electrons. The van der Waals surface area contributed by atoms with Crippen LogP contribution in [0, 0.1) is 0 Å². The fourth-order valence-electron chi connectivity index (χ4n) is 2.15. The number of hydrogen-bond donors (Lipinski definition) is 3. The lowest BCUT2D eigenvalue weighted by Gasteiger charge is -2.07. The summed E-state index contributed by atoms with van der Waals surface area (Å²) < 4.78 is 0. The summed E-state index contributed by atoms with van der Waals surface area (Å²) >= 11 is 0. The van der Waals surface area contributed by atoms with E-state index in [0.29, 0.717) is 16.9 Å². The van der Waals surface area contributed by atoms with Crippen LogP contribution in [0.25, 0.3) is 0 Å². The summed E-state index contributed by atoms with van der Waals surface area (Å²) in [6.45, 7) is 2.94. The van der Waals surface area contributed by atoms with E-state index in [9.17, 15) is 19.2 Å². The van der Waals surface area contributed by atoms with E-state index in [1.807, 2.05) is 0 Å². The first-order valence-corrected chi connectivity index (χ1v) is 8.01. The SMILES string of the molecule is CC(=O)c1ccc(NC(=O)/C=C(/C)C(=O)Nc2ccc(C(=O)O)cc2)cc1. The summed E-state index contributed by atoms with van der Waals surface area (Å²) in [7, 11) is 0. The summed E-state index contributed by atoms with van der Waals surface area (Å²) in [5.74, 6) is -2.10. The lowest BCUT2D eigenvalue weighted by Crippen LogP contribution is -2.16. The van der Waals surface area contributed by atoms with Gasteiger partial charge in [-0.3, -0.25) is 14.4 Å². The number of nitrogens with one attached hydrogen (secondary N) is 2. The van der Waals surface area contributed by atoms with Crippen molar-refractivity contribution in [1.82, 2.24) is 0 Å². The van der Waals surface area contributed by atoms with Crippen LogP contribution >= 0.6 is 0 Å². The van der Waals surface area contributed by atoms with Gasteiger partial charge in [-0.05, 0) is 62.4 Å². The number of benzene rings is 2. The molecule has 27 heavy (non-hydrogen) atoms. The van der Waals surface area contributed by atoms with E-state index < -0.39 is 17.8 Å². The largest absolute Gasteiger partial charge is 0.478 e. The highest BCUT2D eigenvalue weighted by Crippen LogP contribution is 2.12. The third kappa shape index (κ3) is 5.64. The van der Waals surface area contributed by atoms with Gasteiger partial charge in [-0.15, -0.1) is 0 Å². The molecule has 2 amide bonds. The number of aromatic carboxylic acids is 1. The lowest BCUT2D eigenvalue weighted by atomic mass is 10.1. The summed E-state index contributed by atoms with van der Waals surface area (Å²) in [5.41, 5.74) is 1.73. The van der Waals surface area contributed by atoms with Gasteiger partial charge in [0.05, 0.1) is 5.56 Å². The van der Waals surface area contributed by atoms with Crippen molar-refractivity contribution in [2.45, 2.75) is 13.8 Å². The van der Waals surface area contributed by atoms with Gasteiger partial charge in [0, 0.05) is 28.6 Å². The predicted octanol–water partition coefficient (Wildman–Crippen LogP) is 3.11. The van der Waals surface area contributed by atoms with Crippen molar-refractivity contribution in [2.24, 2.45) is 0 Å². The molecule has 0 saturated heterocycles. The molecule has 0 aromatic heterocycles. The number of amides is 2. The summed E-state index contributed by atoms with van der Waals surface area (Å²) in [6.07, 6.45) is 1.15. The number of Topliss-reactive ketones (excluding diaryl/α,β-unsaturated/α-hetero) is 1. The van der Waals surface area contributed by atoms with Crippen molar-refractivity contribution in [2.75, 3.05) is 10.6 Å². The van der Waals surface area contributed by atoms with Crippen molar-refractivity contribution in [3.8, 4) is 0 Å². The first kappa shape index (κ1) is 19.6. The number of ketones is 1. The van der Waals surface area contributed by atoms with Crippen LogP contribution in [0.2, 0.25) is 0 Å². The second-order valence-electron chi connectivity index (χ2n) is 5.79. The maximum Gasteiger partial charge on any atom is 0.335 e. The molecule has 2 aromatic carbocycles. The molecular weight excluding hydrogens is 348 g/mol. The van der Waals surface area contributed by atoms with E-state index in [0.717, 1.165) is 6.08 Å². The van der Waals surface area contributed by atoms with E-state index in [2.05, 4.69) is 10.6 Å². The van der Waals surface area contributed by atoms with Gasteiger partial charge < -0.3 is 15.7 Å². The fraction of sp³-hybridized carbons (Fsp3) is 0.100. The number of anilines is 2. The van der Waals surface area contributed by atoms with E-state index in [4.69, 9.17) is 5.11 Å². The second-order valence-corrected chi connectivity index (χ2v) is 5.79. The average Bonchev–Trinajstić information content (AvgIpc) is 2.62. The highest BCUT2D eigenvalue weighted by Gasteiger charge is 2.09. The number of carboxylic acids is 1. The predicted molar refractivity (Wildman–Crippen MR) is 101 cm³/mol. The molecule has 3 N–H and O–H groups in total.